The van der Waals surface area contributed by atoms with E-state index in [-0.39, 0.29) is 5.91 Å². The summed E-state index contributed by atoms with van der Waals surface area (Å²) in [6.45, 7) is 8.76. The van der Waals surface area contributed by atoms with E-state index >= 15 is 0 Å². The molecule has 0 spiro atoms. The number of amides is 1. The molecule has 0 unspecified atom stereocenters. The zero-order valence-corrected chi connectivity index (χ0v) is 15.2. The van der Waals surface area contributed by atoms with E-state index in [1.165, 1.54) is 6.34 Å². The molecule has 0 atom stereocenters. The molecule has 2 fully saturated rings. The number of morpholine rings is 1. The first-order valence-corrected chi connectivity index (χ1v) is 9.03. The standard InChI is InChI=1S/C18H27N5O3/c1-15-12-16(2-3-17(15)19-14-20-25)22-6-4-21(5-7-22)13-18(24)23-8-10-26-11-9-23/h2-3,12,14,25H,4-11,13H2,1H3,(H,19,20). The summed E-state index contributed by atoms with van der Waals surface area (Å²) in [5.41, 5.74) is 4.96. The lowest BCUT2D eigenvalue weighted by Gasteiger charge is -2.37. The minimum Gasteiger partial charge on any atom is -0.378 e. The first-order valence-electron chi connectivity index (χ1n) is 9.03. The van der Waals surface area contributed by atoms with Gasteiger partial charge in [0, 0.05) is 45.0 Å². The van der Waals surface area contributed by atoms with Crippen LogP contribution in [0.1, 0.15) is 5.56 Å². The third kappa shape index (κ3) is 4.72. The quantitative estimate of drug-likeness (QED) is 0.455. The Morgan fingerprint density at radius 2 is 1.96 bits per heavy atom. The summed E-state index contributed by atoms with van der Waals surface area (Å²) in [6.07, 6.45) is 1.26. The molecule has 2 saturated heterocycles. The number of carbonyl (C=O) groups is 1. The van der Waals surface area contributed by atoms with Gasteiger partial charge < -0.3 is 14.5 Å². The molecule has 2 N–H and O–H groups in total. The van der Waals surface area contributed by atoms with Crippen molar-refractivity contribution >= 4 is 23.6 Å². The van der Waals surface area contributed by atoms with Crippen LogP contribution in [0, 0.1) is 6.92 Å². The highest BCUT2D eigenvalue weighted by Crippen LogP contribution is 2.25. The predicted octanol–water partition coefficient (Wildman–Crippen LogP) is 0.614. The van der Waals surface area contributed by atoms with Gasteiger partial charge in [-0.1, -0.05) is 0 Å². The molecular formula is C18H27N5O3. The lowest BCUT2D eigenvalue weighted by Crippen LogP contribution is -2.51. The summed E-state index contributed by atoms with van der Waals surface area (Å²) in [5, 5.41) is 8.60. The molecule has 2 aliphatic rings. The van der Waals surface area contributed by atoms with Crippen LogP contribution in [0.5, 0.6) is 0 Å². The molecule has 0 aliphatic carbocycles. The van der Waals surface area contributed by atoms with Crippen molar-refractivity contribution in [2.24, 2.45) is 4.99 Å². The maximum atomic E-state index is 12.4. The molecule has 1 aromatic carbocycles. The first kappa shape index (κ1) is 18.6. The SMILES string of the molecule is Cc1cc(N2CCN(CC(=O)N3CCOCC3)CC2)ccc1N=CNO. The van der Waals surface area contributed by atoms with Crippen LogP contribution >= 0.6 is 0 Å². The van der Waals surface area contributed by atoms with Crippen molar-refractivity contribution in [3.8, 4) is 0 Å². The van der Waals surface area contributed by atoms with Gasteiger partial charge in [0.2, 0.25) is 5.91 Å². The summed E-state index contributed by atoms with van der Waals surface area (Å²) in [5.74, 6) is 0.206. The van der Waals surface area contributed by atoms with Crippen molar-refractivity contribution in [2.75, 3.05) is 63.9 Å². The second-order valence-corrected chi connectivity index (χ2v) is 6.61. The molecule has 2 heterocycles. The Kier molecular flexibility index (Phi) is 6.43. The number of ether oxygens (including phenoxy) is 1. The van der Waals surface area contributed by atoms with Gasteiger partial charge in [-0.3, -0.25) is 20.4 Å². The maximum Gasteiger partial charge on any atom is 0.236 e. The summed E-state index contributed by atoms with van der Waals surface area (Å²) in [7, 11) is 0. The highest BCUT2D eigenvalue weighted by Gasteiger charge is 2.23. The molecule has 142 valence electrons. The maximum absolute atomic E-state index is 12.4. The van der Waals surface area contributed by atoms with Gasteiger partial charge in [-0.05, 0) is 30.7 Å². The van der Waals surface area contributed by atoms with Gasteiger partial charge >= 0.3 is 0 Å². The van der Waals surface area contributed by atoms with Crippen molar-refractivity contribution in [3.05, 3.63) is 23.8 Å². The Morgan fingerprint density at radius 1 is 1.23 bits per heavy atom. The zero-order chi connectivity index (χ0) is 18.4. The normalized spacial score (nSPS) is 19.2. The number of anilines is 1. The summed E-state index contributed by atoms with van der Waals surface area (Å²) in [4.78, 5) is 23.0. The van der Waals surface area contributed by atoms with E-state index in [2.05, 4.69) is 20.9 Å². The Morgan fingerprint density at radius 3 is 2.62 bits per heavy atom. The number of nitrogens with one attached hydrogen (secondary N) is 1. The van der Waals surface area contributed by atoms with Crippen LogP contribution in [0.2, 0.25) is 0 Å². The predicted molar refractivity (Wildman–Crippen MR) is 100 cm³/mol. The number of aryl methyl sites for hydroxylation is 1. The monoisotopic (exact) mass is 361 g/mol. The van der Waals surface area contributed by atoms with Gasteiger partial charge in [0.1, 0.15) is 6.34 Å². The molecule has 26 heavy (non-hydrogen) atoms. The molecule has 0 bridgehead atoms. The average Bonchev–Trinajstić information content (AvgIpc) is 2.68. The van der Waals surface area contributed by atoms with Crippen molar-refractivity contribution in [1.82, 2.24) is 15.3 Å². The highest BCUT2D eigenvalue weighted by molar-refractivity contribution is 5.78. The zero-order valence-electron chi connectivity index (χ0n) is 15.2. The molecule has 8 nitrogen and oxygen atoms in total. The van der Waals surface area contributed by atoms with Gasteiger partial charge in [0.15, 0.2) is 0 Å². The Hall–Kier alpha value is -2.16. The van der Waals surface area contributed by atoms with E-state index in [1.807, 2.05) is 29.4 Å². The molecule has 0 aromatic heterocycles. The van der Waals surface area contributed by atoms with Crippen molar-refractivity contribution in [1.29, 1.82) is 0 Å². The number of aliphatic imine (C=N–C) groups is 1. The Bertz CT molecular complexity index is 638. The van der Waals surface area contributed by atoms with Gasteiger partial charge in [-0.2, -0.15) is 0 Å². The molecule has 1 amide bonds. The van der Waals surface area contributed by atoms with Gasteiger partial charge in [-0.15, -0.1) is 0 Å². The highest BCUT2D eigenvalue weighted by atomic mass is 16.5. The lowest BCUT2D eigenvalue weighted by atomic mass is 10.1. The van der Waals surface area contributed by atoms with E-state index in [0.29, 0.717) is 32.8 Å². The second-order valence-electron chi connectivity index (χ2n) is 6.61. The Balaban J connectivity index is 1.51. The fraction of sp³-hybridized carbons (Fsp3) is 0.556. The average molecular weight is 361 g/mol. The number of rotatable bonds is 5. The van der Waals surface area contributed by atoms with Crippen LogP contribution in [0.15, 0.2) is 23.2 Å². The van der Waals surface area contributed by atoms with Crippen molar-refractivity contribution in [3.63, 3.8) is 0 Å². The van der Waals surface area contributed by atoms with Crippen LogP contribution in [0.25, 0.3) is 0 Å². The minimum absolute atomic E-state index is 0.206. The minimum atomic E-state index is 0.206. The van der Waals surface area contributed by atoms with Crippen LogP contribution in [0.3, 0.4) is 0 Å². The largest absolute Gasteiger partial charge is 0.378 e. The molecule has 0 radical (unpaired) electrons. The summed E-state index contributed by atoms with van der Waals surface area (Å²) < 4.78 is 5.30. The third-order valence-corrected chi connectivity index (χ3v) is 4.90. The van der Waals surface area contributed by atoms with Gasteiger partial charge in [-0.25, -0.2) is 4.99 Å². The van der Waals surface area contributed by atoms with Gasteiger partial charge in [0.25, 0.3) is 0 Å². The number of hydrogen-bond acceptors (Lipinski definition) is 6. The number of nitrogens with zero attached hydrogens (tertiary/aromatic N) is 4. The number of piperazine rings is 1. The molecule has 1 aromatic rings. The molecule has 8 heteroatoms. The second kappa shape index (κ2) is 8.98. The summed E-state index contributed by atoms with van der Waals surface area (Å²) in [6, 6.07) is 6.11. The van der Waals surface area contributed by atoms with Crippen molar-refractivity contribution < 1.29 is 14.7 Å². The molecule has 2 aliphatic heterocycles. The number of benzene rings is 1. The van der Waals surface area contributed by atoms with Crippen molar-refractivity contribution in [2.45, 2.75) is 6.92 Å². The van der Waals surface area contributed by atoms with E-state index in [4.69, 9.17) is 9.94 Å². The van der Waals surface area contributed by atoms with E-state index in [0.717, 1.165) is 43.1 Å². The molecule has 0 saturated carbocycles. The van der Waals surface area contributed by atoms with Crippen LogP contribution < -0.4 is 10.4 Å². The smallest absolute Gasteiger partial charge is 0.236 e. The van der Waals surface area contributed by atoms with Crippen LogP contribution in [-0.2, 0) is 9.53 Å². The van der Waals surface area contributed by atoms with E-state index in [1.54, 1.807) is 0 Å². The lowest BCUT2D eigenvalue weighted by molar-refractivity contribution is -0.136. The molecular weight excluding hydrogens is 334 g/mol. The van der Waals surface area contributed by atoms with Gasteiger partial charge in [0.05, 0.1) is 25.4 Å². The Labute approximate surface area is 154 Å². The number of carbonyl (C=O) groups excluding carboxylic acids is 1. The topological polar surface area (TPSA) is 80.6 Å². The van der Waals surface area contributed by atoms with Crippen LogP contribution in [0.4, 0.5) is 11.4 Å². The number of hydrogen-bond donors (Lipinski definition) is 2. The first-order chi connectivity index (χ1) is 12.7. The van der Waals surface area contributed by atoms with Crippen LogP contribution in [-0.4, -0.2) is 86.3 Å². The fourth-order valence-corrected chi connectivity index (χ4v) is 3.35. The van der Waals surface area contributed by atoms with E-state index in [9.17, 15) is 4.79 Å². The summed E-state index contributed by atoms with van der Waals surface area (Å²) >= 11 is 0. The fourth-order valence-electron chi connectivity index (χ4n) is 3.35. The third-order valence-electron chi connectivity index (χ3n) is 4.90. The van der Waals surface area contributed by atoms with E-state index < -0.39 is 0 Å². The molecule has 3 rings (SSSR count). The number of hydroxylamine groups is 1.